The van der Waals surface area contributed by atoms with Crippen LogP contribution < -0.4 is 4.74 Å². The molecule has 0 spiro atoms. The molecule has 0 aliphatic heterocycles. The Hall–Kier alpha value is -2.95. The highest BCUT2D eigenvalue weighted by atomic mass is 16.5. The first kappa shape index (κ1) is 15.6. The second-order valence-electron chi connectivity index (χ2n) is 6.35. The van der Waals surface area contributed by atoms with Crippen molar-refractivity contribution in [3.8, 4) is 17.0 Å². The van der Waals surface area contributed by atoms with E-state index in [0.717, 1.165) is 46.0 Å². The molecule has 126 valence electrons. The molecule has 3 aromatic rings. The van der Waals surface area contributed by atoms with Crippen LogP contribution in [0, 0.1) is 12.8 Å². The van der Waals surface area contributed by atoms with Gasteiger partial charge in [0.1, 0.15) is 17.3 Å². The number of rotatable bonds is 3. The van der Waals surface area contributed by atoms with Crippen LogP contribution in [0.3, 0.4) is 0 Å². The molecule has 1 unspecified atom stereocenters. The summed E-state index contributed by atoms with van der Waals surface area (Å²) in [7, 11) is 1.66. The fourth-order valence-electron chi connectivity index (χ4n) is 3.20. The van der Waals surface area contributed by atoms with Gasteiger partial charge in [-0.1, -0.05) is 25.2 Å². The summed E-state index contributed by atoms with van der Waals surface area (Å²) in [6, 6.07) is 5.92. The van der Waals surface area contributed by atoms with Crippen LogP contribution in [0.5, 0.6) is 5.75 Å². The zero-order valence-corrected chi connectivity index (χ0v) is 14.6. The van der Waals surface area contributed by atoms with Gasteiger partial charge in [-0.25, -0.2) is 14.5 Å². The maximum atomic E-state index is 5.34. The lowest BCUT2D eigenvalue weighted by Crippen LogP contribution is -1.98. The van der Waals surface area contributed by atoms with Crippen LogP contribution in [-0.2, 0) is 0 Å². The SMILES string of the molecule is COc1ccc2c(-c3ccnc(C)n3)c(C3=CC(C)CC=C3)nn2c1. The molecule has 0 N–H and O–H groups in total. The van der Waals surface area contributed by atoms with E-state index in [9.17, 15) is 0 Å². The van der Waals surface area contributed by atoms with E-state index in [4.69, 9.17) is 9.84 Å². The zero-order valence-electron chi connectivity index (χ0n) is 14.6. The molecule has 0 saturated carbocycles. The molecule has 4 rings (SSSR count). The van der Waals surface area contributed by atoms with Crippen molar-refractivity contribution in [1.29, 1.82) is 0 Å². The van der Waals surface area contributed by atoms with Crippen LogP contribution in [0.2, 0.25) is 0 Å². The molecule has 0 bridgehead atoms. The van der Waals surface area contributed by atoms with Crippen molar-refractivity contribution in [3.05, 3.63) is 60.3 Å². The van der Waals surface area contributed by atoms with Gasteiger partial charge in [0.15, 0.2) is 0 Å². The van der Waals surface area contributed by atoms with Crippen molar-refractivity contribution in [1.82, 2.24) is 19.6 Å². The molecule has 3 aromatic heterocycles. The van der Waals surface area contributed by atoms with Crippen molar-refractivity contribution >= 4 is 11.1 Å². The van der Waals surface area contributed by atoms with Gasteiger partial charge in [-0.2, -0.15) is 5.10 Å². The highest BCUT2D eigenvalue weighted by molar-refractivity contribution is 5.91. The van der Waals surface area contributed by atoms with E-state index < -0.39 is 0 Å². The minimum absolute atomic E-state index is 0.499. The standard InChI is InChI=1S/C20H20N4O/c1-13-5-4-6-15(11-13)20-19(17-9-10-21-14(2)22-17)18-8-7-16(25-3)12-24(18)23-20/h4,6-13H,5H2,1-3H3. The third-order valence-electron chi connectivity index (χ3n) is 4.41. The van der Waals surface area contributed by atoms with E-state index in [0.29, 0.717) is 5.92 Å². The molecule has 0 aromatic carbocycles. The number of aryl methyl sites for hydroxylation is 1. The molecule has 25 heavy (non-hydrogen) atoms. The number of ether oxygens (including phenoxy) is 1. The van der Waals surface area contributed by atoms with Crippen LogP contribution in [0.15, 0.2) is 48.8 Å². The normalized spacial score (nSPS) is 16.9. The topological polar surface area (TPSA) is 52.3 Å². The second kappa shape index (κ2) is 6.16. The number of methoxy groups -OCH3 is 1. The number of pyridine rings is 1. The first-order chi connectivity index (χ1) is 12.2. The average Bonchev–Trinajstić information content (AvgIpc) is 3.00. The van der Waals surface area contributed by atoms with Crippen LogP contribution in [-0.4, -0.2) is 26.7 Å². The number of allylic oxidation sites excluding steroid dienone is 4. The van der Waals surface area contributed by atoms with E-state index in [1.165, 1.54) is 0 Å². The third kappa shape index (κ3) is 2.82. The summed E-state index contributed by atoms with van der Waals surface area (Å²) in [4.78, 5) is 8.86. The third-order valence-corrected chi connectivity index (χ3v) is 4.41. The number of aromatic nitrogens is 4. The van der Waals surface area contributed by atoms with Gasteiger partial charge in [0, 0.05) is 6.20 Å². The number of hydrogen-bond acceptors (Lipinski definition) is 4. The lowest BCUT2D eigenvalue weighted by atomic mass is 9.94. The molecule has 0 saturated heterocycles. The van der Waals surface area contributed by atoms with Crippen molar-refractivity contribution in [2.75, 3.05) is 7.11 Å². The lowest BCUT2D eigenvalue weighted by Gasteiger charge is -2.12. The van der Waals surface area contributed by atoms with Gasteiger partial charge in [-0.3, -0.25) is 0 Å². The fourth-order valence-corrected chi connectivity index (χ4v) is 3.20. The van der Waals surface area contributed by atoms with Crippen molar-refractivity contribution in [2.24, 2.45) is 5.92 Å². The average molecular weight is 332 g/mol. The maximum absolute atomic E-state index is 5.34. The van der Waals surface area contributed by atoms with Gasteiger partial charge >= 0.3 is 0 Å². The molecule has 1 atom stereocenters. The molecular formula is C20H20N4O. The van der Waals surface area contributed by atoms with Crippen molar-refractivity contribution < 1.29 is 4.74 Å². The predicted octanol–water partition coefficient (Wildman–Crippen LogP) is 4.09. The Labute approximate surface area is 146 Å². The second-order valence-corrected chi connectivity index (χ2v) is 6.35. The Kier molecular flexibility index (Phi) is 3.84. The van der Waals surface area contributed by atoms with Gasteiger partial charge in [-0.15, -0.1) is 0 Å². The summed E-state index contributed by atoms with van der Waals surface area (Å²) >= 11 is 0. The predicted molar refractivity (Wildman–Crippen MR) is 98.4 cm³/mol. The summed E-state index contributed by atoms with van der Waals surface area (Å²) in [5.74, 6) is 2.02. The molecule has 5 nitrogen and oxygen atoms in total. The van der Waals surface area contributed by atoms with Gasteiger partial charge in [-0.05, 0) is 43.0 Å². The fraction of sp³-hybridized carbons (Fsp3) is 0.250. The Morgan fingerprint density at radius 3 is 2.88 bits per heavy atom. The van der Waals surface area contributed by atoms with Gasteiger partial charge in [0.2, 0.25) is 0 Å². The van der Waals surface area contributed by atoms with E-state index in [1.807, 2.05) is 35.8 Å². The molecular weight excluding hydrogens is 312 g/mol. The van der Waals surface area contributed by atoms with Crippen molar-refractivity contribution in [3.63, 3.8) is 0 Å². The van der Waals surface area contributed by atoms with Gasteiger partial charge in [0.05, 0.1) is 30.1 Å². The van der Waals surface area contributed by atoms with Gasteiger partial charge < -0.3 is 4.74 Å². The summed E-state index contributed by atoms with van der Waals surface area (Å²) in [5, 5.41) is 4.84. The quantitative estimate of drug-likeness (QED) is 0.725. The zero-order chi connectivity index (χ0) is 17.4. The van der Waals surface area contributed by atoms with Gasteiger partial charge in [0.25, 0.3) is 0 Å². The Bertz CT molecular complexity index is 1000. The molecule has 0 radical (unpaired) electrons. The molecule has 0 fully saturated rings. The Morgan fingerprint density at radius 1 is 1.24 bits per heavy atom. The monoisotopic (exact) mass is 332 g/mol. The summed E-state index contributed by atoms with van der Waals surface area (Å²) in [6.45, 7) is 4.12. The number of nitrogens with zero attached hydrogens (tertiary/aromatic N) is 4. The Morgan fingerprint density at radius 2 is 2.12 bits per heavy atom. The summed E-state index contributed by atoms with van der Waals surface area (Å²) in [6.07, 6.45) is 11.4. The minimum Gasteiger partial charge on any atom is -0.495 e. The van der Waals surface area contributed by atoms with E-state index in [-0.39, 0.29) is 0 Å². The highest BCUT2D eigenvalue weighted by Crippen LogP contribution is 2.35. The number of hydrogen-bond donors (Lipinski definition) is 0. The van der Waals surface area contributed by atoms with Crippen LogP contribution in [0.1, 0.15) is 24.9 Å². The number of fused-ring (bicyclic) bond motifs is 1. The Balaban J connectivity index is 2.00. The summed E-state index contributed by atoms with van der Waals surface area (Å²) < 4.78 is 7.21. The molecule has 1 aliphatic carbocycles. The minimum atomic E-state index is 0.499. The first-order valence-electron chi connectivity index (χ1n) is 8.41. The summed E-state index contributed by atoms with van der Waals surface area (Å²) in [5.41, 5.74) is 4.98. The van der Waals surface area contributed by atoms with E-state index in [1.54, 1.807) is 13.3 Å². The van der Waals surface area contributed by atoms with Crippen LogP contribution >= 0.6 is 0 Å². The first-order valence-corrected chi connectivity index (χ1v) is 8.41. The van der Waals surface area contributed by atoms with Crippen molar-refractivity contribution in [2.45, 2.75) is 20.3 Å². The molecule has 1 aliphatic rings. The maximum Gasteiger partial charge on any atom is 0.137 e. The lowest BCUT2D eigenvalue weighted by molar-refractivity contribution is 0.411. The smallest absolute Gasteiger partial charge is 0.137 e. The molecule has 3 heterocycles. The van der Waals surface area contributed by atoms with Crippen LogP contribution in [0.25, 0.3) is 22.3 Å². The molecule has 5 heteroatoms. The van der Waals surface area contributed by atoms with E-state index in [2.05, 4.69) is 35.1 Å². The highest BCUT2D eigenvalue weighted by Gasteiger charge is 2.20. The van der Waals surface area contributed by atoms with E-state index >= 15 is 0 Å². The van der Waals surface area contributed by atoms with Crippen LogP contribution in [0.4, 0.5) is 0 Å². The molecule has 0 amide bonds. The largest absolute Gasteiger partial charge is 0.495 e.